The first-order chi connectivity index (χ1) is 13.5. The van der Waals surface area contributed by atoms with Crippen molar-refractivity contribution in [2.24, 2.45) is 5.92 Å². The number of carbonyl (C=O) groups excluding carboxylic acids is 1. The molecule has 8 nitrogen and oxygen atoms in total. The van der Waals surface area contributed by atoms with Crippen molar-refractivity contribution in [1.29, 1.82) is 0 Å². The first kappa shape index (κ1) is 19.0. The number of amides is 1. The highest BCUT2D eigenvalue weighted by atomic mass is 16.7. The van der Waals surface area contributed by atoms with E-state index in [1.165, 1.54) is 6.07 Å². The minimum atomic E-state index is -0.692. The van der Waals surface area contributed by atoms with Gasteiger partial charge in [-0.2, -0.15) is 0 Å². The predicted molar refractivity (Wildman–Crippen MR) is 102 cm³/mol. The van der Waals surface area contributed by atoms with Gasteiger partial charge in [0, 0.05) is 6.04 Å². The van der Waals surface area contributed by atoms with E-state index in [1.54, 1.807) is 6.07 Å². The Kier molecular flexibility index (Phi) is 5.39. The van der Waals surface area contributed by atoms with Gasteiger partial charge in [-0.1, -0.05) is 19.8 Å². The number of nitro benzene ring substituents is 1. The Morgan fingerprint density at radius 1 is 1.18 bits per heavy atom. The van der Waals surface area contributed by atoms with Crippen molar-refractivity contribution in [3.05, 3.63) is 27.8 Å². The van der Waals surface area contributed by atoms with Gasteiger partial charge >= 0.3 is 0 Å². The summed E-state index contributed by atoms with van der Waals surface area (Å²) in [5.74, 6) is 1.27. The van der Waals surface area contributed by atoms with Gasteiger partial charge in [-0.3, -0.25) is 19.8 Å². The SMILES string of the molecule is CC1CCN([C@H](C(=O)NC2CCCC2)c2cc3c(cc2[N+](=O)[O-])OCO3)CC1. The van der Waals surface area contributed by atoms with E-state index in [1.807, 2.05) is 0 Å². The third kappa shape index (κ3) is 3.78. The molecular formula is C20H27N3O5. The van der Waals surface area contributed by atoms with Gasteiger partial charge < -0.3 is 14.8 Å². The highest BCUT2D eigenvalue weighted by molar-refractivity contribution is 5.85. The van der Waals surface area contributed by atoms with E-state index < -0.39 is 11.0 Å². The molecule has 2 aliphatic heterocycles. The number of fused-ring (bicyclic) bond motifs is 1. The molecule has 0 bridgehead atoms. The summed E-state index contributed by atoms with van der Waals surface area (Å²) in [4.78, 5) is 26.7. The van der Waals surface area contributed by atoms with Gasteiger partial charge in [0.25, 0.3) is 5.69 Å². The largest absolute Gasteiger partial charge is 0.454 e. The zero-order valence-corrected chi connectivity index (χ0v) is 16.2. The number of hydrogen-bond acceptors (Lipinski definition) is 6. The molecular weight excluding hydrogens is 362 g/mol. The fraction of sp³-hybridized carbons (Fsp3) is 0.650. The van der Waals surface area contributed by atoms with Crippen LogP contribution < -0.4 is 14.8 Å². The Labute approximate surface area is 164 Å². The summed E-state index contributed by atoms with van der Waals surface area (Å²) in [6.07, 6.45) is 6.12. The lowest BCUT2D eigenvalue weighted by Gasteiger charge is -2.36. The number of carbonyl (C=O) groups is 1. The molecule has 1 N–H and O–H groups in total. The first-order valence-corrected chi connectivity index (χ1v) is 10.2. The lowest BCUT2D eigenvalue weighted by Crippen LogP contribution is -2.46. The van der Waals surface area contributed by atoms with Crippen molar-refractivity contribution in [2.45, 2.75) is 57.5 Å². The van der Waals surface area contributed by atoms with Gasteiger partial charge in [0.15, 0.2) is 11.5 Å². The fourth-order valence-corrected chi connectivity index (χ4v) is 4.46. The fourth-order valence-electron chi connectivity index (χ4n) is 4.46. The molecule has 3 aliphatic rings. The molecule has 28 heavy (non-hydrogen) atoms. The minimum Gasteiger partial charge on any atom is -0.454 e. The molecule has 2 fully saturated rings. The molecule has 8 heteroatoms. The van der Waals surface area contributed by atoms with E-state index in [0.29, 0.717) is 23.0 Å². The number of piperidine rings is 1. The lowest BCUT2D eigenvalue weighted by molar-refractivity contribution is -0.386. The van der Waals surface area contributed by atoms with Crippen molar-refractivity contribution < 1.29 is 19.2 Å². The zero-order chi connectivity index (χ0) is 19.7. The molecule has 4 rings (SSSR count). The van der Waals surface area contributed by atoms with E-state index in [0.717, 1.165) is 51.6 Å². The van der Waals surface area contributed by atoms with Gasteiger partial charge in [0.2, 0.25) is 12.7 Å². The number of rotatable bonds is 5. The normalized spacial score (nSPS) is 21.6. The summed E-state index contributed by atoms with van der Waals surface area (Å²) in [6.45, 7) is 3.73. The molecule has 1 aliphatic carbocycles. The van der Waals surface area contributed by atoms with Crippen LogP contribution in [-0.2, 0) is 4.79 Å². The smallest absolute Gasteiger partial charge is 0.278 e. The second kappa shape index (κ2) is 7.95. The Morgan fingerprint density at radius 3 is 2.46 bits per heavy atom. The molecule has 1 saturated heterocycles. The average Bonchev–Trinajstić information content (AvgIpc) is 3.34. The molecule has 1 saturated carbocycles. The summed E-state index contributed by atoms with van der Waals surface area (Å²) in [5, 5.41) is 14.9. The van der Waals surface area contributed by atoms with E-state index >= 15 is 0 Å². The molecule has 0 unspecified atom stereocenters. The van der Waals surface area contributed by atoms with Crippen LogP contribution in [0.2, 0.25) is 0 Å². The second-order valence-electron chi connectivity index (χ2n) is 8.13. The molecule has 1 aromatic carbocycles. The van der Waals surface area contributed by atoms with Crippen molar-refractivity contribution in [3.63, 3.8) is 0 Å². The molecule has 2 heterocycles. The maximum Gasteiger partial charge on any atom is 0.278 e. The predicted octanol–water partition coefficient (Wildman–Crippen LogP) is 3.16. The number of benzene rings is 1. The topological polar surface area (TPSA) is 93.9 Å². The van der Waals surface area contributed by atoms with Crippen LogP contribution in [-0.4, -0.2) is 41.7 Å². The number of hydrogen-bond donors (Lipinski definition) is 1. The Morgan fingerprint density at radius 2 is 1.82 bits per heavy atom. The summed E-state index contributed by atoms with van der Waals surface area (Å²) >= 11 is 0. The lowest BCUT2D eigenvalue weighted by atomic mass is 9.94. The van der Waals surface area contributed by atoms with Gasteiger partial charge in [-0.25, -0.2) is 0 Å². The van der Waals surface area contributed by atoms with Crippen LogP contribution in [0, 0.1) is 16.0 Å². The zero-order valence-electron chi connectivity index (χ0n) is 16.2. The van der Waals surface area contributed by atoms with Crippen molar-refractivity contribution in [2.75, 3.05) is 19.9 Å². The van der Waals surface area contributed by atoms with Crippen molar-refractivity contribution in [3.8, 4) is 11.5 Å². The first-order valence-electron chi connectivity index (χ1n) is 10.2. The van der Waals surface area contributed by atoms with Crippen molar-refractivity contribution in [1.82, 2.24) is 10.2 Å². The number of likely N-dealkylation sites (tertiary alicyclic amines) is 1. The molecule has 1 aromatic rings. The van der Waals surface area contributed by atoms with Crippen LogP contribution in [0.5, 0.6) is 11.5 Å². The number of nitrogens with one attached hydrogen (secondary N) is 1. The van der Waals surface area contributed by atoms with Gasteiger partial charge in [0.1, 0.15) is 6.04 Å². The highest BCUT2D eigenvalue weighted by Gasteiger charge is 2.37. The summed E-state index contributed by atoms with van der Waals surface area (Å²) in [7, 11) is 0. The van der Waals surface area contributed by atoms with Crippen LogP contribution in [0.1, 0.15) is 57.1 Å². The quantitative estimate of drug-likeness (QED) is 0.614. The summed E-state index contributed by atoms with van der Waals surface area (Å²) < 4.78 is 10.8. The molecule has 152 valence electrons. The van der Waals surface area contributed by atoms with E-state index in [9.17, 15) is 14.9 Å². The van der Waals surface area contributed by atoms with Crippen LogP contribution >= 0.6 is 0 Å². The maximum absolute atomic E-state index is 13.3. The van der Waals surface area contributed by atoms with Gasteiger partial charge in [0.05, 0.1) is 16.6 Å². The minimum absolute atomic E-state index is 0.0378. The van der Waals surface area contributed by atoms with E-state index in [2.05, 4.69) is 17.1 Å². The summed E-state index contributed by atoms with van der Waals surface area (Å²) in [5.41, 5.74) is 0.300. The average molecular weight is 389 g/mol. The third-order valence-electron chi connectivity index (χ3n) is 6.15. The molecule has 1 atom stereocenters. The standard InChI is InChI=1S/C20H27N3O5/c1-13-6-8-22(9-7-13)19(20(24)21-14-4-2-3-5-14)15-10-17-18(28-12-27-17)11-16(15)23(25)26/h10-11,13-14,19H,2-9,12H2,1H3,(H,21,24)/t19-/m0/s1. The molecule has 0 aromatic heterocycles. The molecule has 0 spiro atoms. The maximum atomic E-state index is 13.3. The van der Waals surface area contributed by atoms with Crippen molar-refractivity contribution >= 4 is 11.6 Å². The van der Waals surface area contributed by atoms with Crippen LogP contribution in [0.3, 0.4) is 0 Å². The van der Waals surface area contributed by atoms with E-state index in [4.69, 9.17) is 9.47 Å². The number of nitrogens with zero attached hydrogens (tertiary/aromatic N) is 2. The van der Waals surface area contributed by atoms with Crippen LogP contribution in [0.15, 0.2) is 12.1 Å². The van der Waals surface area contributed by atoms with Crippen LogP contribution in [0.4, 0.5) is 5.69 Å². The Bertz CT molecular complexity index is 754. The van der Waals surface area contributed by atoms with Gasteiger partial charge in [-0.05, 0) is 50.8 Å². The summed E-state index contributed by atoms with van der Waals surface area (Å²) in [6, 6.07) is 2.48. The van der Waals surface area contributed by atoms with Crippen LogP contribution in [0.25, 0.3) is 0 Å². The van der Waals surface area contributed by atoms with E-state index in [-0.39, 0.29) is 24.4 Å². The highest BCUT2D eigenvalue weighted by Crippen LogP contribution is 2.42. The third-order valence-corrected chi connectivity index (χ3v) is 6.15. The monoisotopic (exact) mass is 389 g/mol. The molecule has 1 amide bonds. The number of ether oxygens (including phenoxy) is 2. The van der Waals surface area contributed by atoms with Gasteiger partial charge in [-0.15, -0.1) is 0 Å². The Hall–Kier alpha value is -2.35. The molecule has 0 radical (unpaired) electrons. The second-order valence-corrected chi connectivity index (χ2v) is 8.13. The Balaban J connectivity index is 1.70. The number of nitro groups is 1.